The fraction of sp³-hybridized carbons (Fsp3) is 0.455. The highest BCUT2D eigenvalue weighted by molar-refractivity contribution is 6.69. The van der Waals surface area contributed by atoms with Crippen LogP contribution >= 0.6 is 0 Å². The third-order valence-corrected chi connectivity index (χ3v) is 3.10. The SMILES string of the molecule is C[Si](C)(C)OCCOc1c(F)c(F)c(F)c(F)c1F. The van der Waals surface area contributed by atoms with E-state index in [2.05, 4.69) is 4.74 Å². The maximum Gasteiger partial charge on any atom is 0.206 e. The average molecular weight is 300 g/mol. The van der Waals surface area contributed by atoms with E-state index in [1.807, 2.05) is 19.6 Å². The van der Waals surface area contributed by atoms with Crippen molar-refractivity contribution in [3.63, 3.8) is 0 Å². The molecule has 0 aromatic heterocycles. The molecule has 0 N–H and O–H groups in total. The quantitative estimate of drug-likeness (QED) is 0.272. The van der Waals surface area contributed by atoms with Gasteiger partial charge in [-0.3, -0.25) is 0 Å². The molecular formula is C11H13F5O2Si. The summed E-state index contributed by atoms with van der Waals surface area (Å²) < 4.78 is 74.7. The first kappa shape index (κ1) is 15.9. The zero-order chi connectivity index (χ0) is 14.8. The van der Waals surface area contributed by atoms with Crippen molar-refractivity contribution in [3.8, 4) is 5.75 Å². The Hall–Kier alpha value is -1.15. The number of rotatable bonds is 5. The van der Waals surface area contributed by atoms with E-state index in [4.69, 9.17) is 4.43 Å². The van der Waals surface area contributed by atoms with E-state index in [9.17, 15) is 22.0 Å². The van der Waals surface area contributed by atoms with Gasteiger partial charge < -0.3 is 9.16 Å². The molecule has 0 aliphatic rings. The van der Waals surface area contributed by atoms with Crippen LogP contribution < -0.4 is 4.74 Å². The summed E-state index contributed by atoms with van der Waals surface area (Å²) in [5.74, 6) is -11.5. The first-order valence-corrected chi connectivity index (χ1v) is 8.84. The third kappa shape index (κ3) is 3.90. The van der Waals surface area contributed by atoms with Crippen LogP contribution in [0.25, 0.3) is 0 Å². The highest BCUT2D eigenvalue weighted by atomic mass is 28.4. The monoisotopic (exact) mass is 300 g/mol. The molecule has 0 saturated heterocycles. The summed E-state index contributed by atoms with van der Waals surface area (Å²) >= 11 is 0. The van der Waals surface area contributed by atoms with Gasteiger partial charge in [-0.15, -0.1) is 0 Å². The molecule has 19 heavy (non-hydrogen) atoms. The Labute approximate surface area is 108 Å². The Kier molecular flexibility index (Phi) is 4.91. The van der Waals surface area contributed by atoms with Crippen molar-refractivity contribution in [3.05, 3.63) is 29.1 Å². The predicted molar refractivity (Wildman–Crippen MR) is 61.0 cm³/mol. The van der Waals surface area contributed by atoms with Gasteiger partial charge in [-0.25, -0.2) is 13.2 Å². The number of benzene rings is 1. The van der Waals surface area contributed by atoms with E-state index in [-0.39, 0.29) is 13.2 Å². The molecule has 8 heteroatoms. The molecule has 0 spiro atoms. The van der Waals surface area contributed by atoms with Gasteiger partial charge in [0.25, 0.3) is 0 Å². The van der Waals surface area contributed by atoms with Crippen LogP contribution in [0, 0.1) is 29.1 Å². The van der Waals surface area contributed by atoms with Crippen LogP contribution in [0.15, 0.2) is 0 Å². The molecular weight excluding hydrogens is 287 g/mol. The van der Waals surface area contributed by atoms with Gasteiger partial charge in [-0.1, -0.05) is 0 Å². The minimum atomic E-state index is -2.21. The number of hydrogen-bond donors (Lipinski definition) is 0. The molecule has 0 saturated carbocycles. The van der Waals surface area contributed by atoms with Crippen molar-refractivity contribution >= 4 is 8.32 Å². The van der Waals surface area contributed by atoms with Crippen LogP contribution in [-0.4, -0.2) is 21.5 Å². The van der Waals surface area contributed by atoms with Crippen molar-refractivity contribution in [2.75, 3.05) is 13.2 Å². The fourth-order valence-electron chi connectivity index (χ4n) is 1.20. The summed E-state index contributed by atoms with van der Waals surface area (Å²) in [5.41, 5.74) is 0. The van der Waals surface area contributed by atoms with Crippen LogP contribution in [0.2, 0.25) is 19.6 Å². The van der Waals surface area contributed by atoms with Gasteiger partial charge in [0.05, 0.1) is 6.61 Å². The Morgan fingerprint density at radius 3 is 1.58 bits per heavy atom. The van der Waals surface area contributed by atoms with E-state index in [1.165, 1.54) is 0 Å². The average Bonchev–Trinajstić information content (AvgIpc) is 2.32. The lowest BCUT2D eigenvalue weighted by Gasteiger charge is -2.17. The summed E-state index contributed by atoms with van der Waals surface area (Å²) in [6.07, 6.45) is 0. The van der Waals surface area contributed by atoms with Gasteiger partial charge in [0.1, 0.15) is 6.61 Å². The summed E-state index contributed by atoms with van der Waals surface area (Å²) in [4.78, 5) is 0. The van der Waals surface area contributed by atoms with Gasteiger partial charge in [0.15, 0.2) is 14.1 Å². The van der Waals surface area contributed by atoms with E-state index < -0.39 is 43.2 Å². The second-order valence-electron chi connectivity index (χ2n) is 4.71. The minimum Gasteiger partial charge on any atom is -0.485 e. The molecule has 0 bridgehead atoms. The molecule has 0 fully saturated rings. The molecule has 0 radical (unpaired) electrons. The first-order valence-electron chi connectivity index (χ1n) is 5.43. The van der Waals surface area contributed by atoms with Crippen LogP contribution in [0.3, 0.4) is 0 Å². The molecule has 0 atom stereocenters. The maximum absolute atomic E-state index is 13.2. The van der Waals surface area contributed by atoms with Gasteiger partial charge in [0.2, 0.25) is 29.1 Å². The Morgan fingerprint density at radius 1 is 0.737 bits per heavy atom. The third-order valence-electron chi connectivity index (χ3n) is 2.03. The molecule has 2 nitrogen and oxygen atoms in total. The van der Waals surface area contributed by atoms with Crippen LogP contribution in [0.5, 0.6) is 5.75 Å². The number of ether oxygens (including phenoxy) is 1. The lowest BCUT2D eigenvalue weighted by atomic mass is 10.2. The molecule has 0 aliphatic heterocycles. The minimum absolute atomic E-state index is 0.00914. The molecule has 1 rings (SSSR count). The summed E-state index contributed by atoms with van der Waals surface area (Å²) in [6, 6.07) is 0. The predicted octanol–water partition coefficient (Wildman–Crippen LogP) is 3.61. The lowest BCUT2D eigenvalue weighted by molar-refractivity contribution is 0.195. The fourth-order valence-corrected chi connectivity index (χ4v) is 1.90. The molecule has 0 amide bonds. The van der Waals surface area contributed by atoms with Crippen molar-refractivity contribution in [1.29, 1.82) is 0 Å². The molecule has 0 aliphatic carbocycles. The van der Waals surface area contributed by atoms with E-state index in [0.29, 0.717) is 0 Å². The van der Waals surface area contributed by atoms with Crippen LogP contribution in [-0.2, 0) is 4.43 Å². The van der Waals surface area contributed by atoms with Gasteiger partial charge in [-0.05, 0) is 19.6 Å². The molecule has 0 heterocycles. The summed E-state index contributed by atoms with van der Waals surface area (Å²) in [6.45, 7) is 5.35. The normalized spacial score (nSPS) is 11.8. The molecule has 1 aromatic carbocycles. The smallest absolute Gasteiger partial charge is 0.206 e. The standard InChI is InChI=1S/C11H13F5O2Si/c1-19(2,3)18-5-4-17-11-9(15)7(13)6(12)8(14)10(11)16/h4-5H2,1-3H3. The van der Waals surface area contributed by atoms with Crippen molar-refractivity contribution in [2.45, 2.75) is 19.6 Å². The largest absolute Gasteiger partial charge is 0.485 e. The van der Waals surface area contributed by atoms with E-state index in [1.54, 1.807) is 0 Å². The van der Waals surface area contributed by atoms with Gasteiger partial charge in [-0.2, -0.15) is 8.78 Å². The summed E-state index contributed by atoms with van der Waals surface area (Å²) in [5, 5.41) is 0. The van der Waals surface area contributed by atoms with Crippen molar-refractivity contribution in [2.24, 2.45) is 0 Å². The molecule has 1 aromatic rings. The number of halogens is 5. The Bertz CT molecular complexity index is 444. The molecule has 0 unspecified atom stereocenters. The van der Waals surface area contributed by atoms with Crippen molar-refractivity contribution in [1.82, 2.24) is 0 Å². The van der Waals surface area contributed by atoms with E-state index in [0.717, 1.165) is 0 Å². The lowest BCUT2D eigenvalue weighted by Crippen LogP contribution is -2.28. The zero-order valence-corrected chi connectivity index (χ0v) is 11.6. The second kappa shape index (κ2) is 5.87. The van der Waals surface area contributed by atoms with Crippen LogP contribution in [0.1, 0.15) is 0 Å². The summed E-state index contributed by atoms with van der Waals surface area (Å²) in [7, 11) is -1.83. The van der Waals surface area contributed by atoms with Gasteiger partial charge in [0, 0.05) is 0 Å². The zero-order valence-electron chi connectivity index (χ0n) is 10.6. The highest BCUT2D eigenvalue weighted by Crippen LogP contribution is 2.28. The second-order valence-corrected chi connectivity index (χ2v) is 9.22. The molecule has 108 valence electrons. The Balaban J connectivity index is 2.80. The number of hydrogen-bond acceptors (Lipinski definition) is 2. The maximum atomic E-state index is 13.2. The topological polar surface area (TPSA) is 18.5 Å². The van der Waals surface area contributed by atoms with E-state index >= 15 is 0 Å². The van der Waals surface area contributed by atoms with Crippen molar-refractivity contribution < 1.29 is 31.1 Å². The first-order chi connectivity index (χ1) is 8.65. The highest BCUT2D eigenvalue weighted by Gasteiger charge is 2.27. The van der Waals surface area contributed by atoms with Crippen LogP contribution in [0.4, 0.5) is 22.0 Å². The van der Waals surface area contributed by atoms with Gasteiger partial charge >= 0.3 is 0 Å². The Morgan fingerprint density at radius 2 is 1.16 bits per heavy atom.